The fourth-order valence-electron chi connectivity index (χ4n) is 2.59. The van der Waals surface area contributed by atoms with Crippen molar-refractivity contribution in [2.75, 3.05) is 0 Å². The summed E-state index contributed by atoms with van der Waals surface area (Å²) in [6.07, 6.45) is 11.1. The van der Waals surface area contributed by atoms with E-state index in [4.69, 9.17) is 2.81 Å². The second-order valence-electron chi connectivity index (χ2n) is 5.66. The number of hydrogen-bond acceptors (Lipinski definition) is 1. The molecule has 0 aliphatic heterocycles. The van der Waals surface area contributed by atoms with Gasteiger partial charge >= 0.3 is 141 Å². The minimum absolute atomic E-state index is 0. The second-order valence-corrected chi connectivity index (χ2v) is 6.16. The quantitative estimate of drug-likeness (QED) is 0.496. The van der Waals surface area contributed by atoms with Crippen molar-refractivity contribution in [2.24, 2.45) is 0 Å². The Morgan fingerprint density at radius 2 is 1.18 bits per heavy atom. The number of aryl methyl sites for hydroxylation is 3. The van der Waals surface area contributed by atoms with Crippen LogP contribution in [0.15, 0.2) is 12.1 Å². The van der Waals surface area contributed by atoms with Gasteiger partial charge in [0.05, 0.1) is 0 Å². The van der Waals surface area contributed by atoms with Crippen molar-refractivity contribution in [3.05, 3.63) is 28.8 Å². The van der Waals surface area contributed by atoms with Gasteiger partial charge in [-0.15, -0.1) is 0 Å². The molecule has 1 aromatic rings. The molecule has 0 bridgehead atoms. The van der Waals surface area contributed by atoms with Crippen molar-refractivity contribution < 1.29 is 52.8 Å². The van der Waals surface area contributed by atoms with Crippen LogP contribution in [0.3, 0.4) is 0 Å². The van der Waals surface area contributed by atoms with E-state index >= 15 is 0 Å². The molecule has 0 unspecified atom stereocenters. The predicted molar refractivity (Wildman–Crippen MR) is 82.9 cm³/mol. The van der Waals surface area contributed by atoms with Gasteiger partial charge in [0, 0.05) is 0 Å². The molecule has 0 heterocycles. The fraction of sp³-hybridized carbons (Fsp3) is 0.667. The first-order valence-corrected chi connectivity index (χ1v) is 9.25. The molecular weight excluding hydrogens is 394 g/mol. The van der Waals surface area contributed by atoms with Crippen LogP contribution in [0.1, 0.15) is 76.0 Å². The smallest absolute Gasteiger partial charge is 1.00 e. The Morgan fingerprint density at radius 3 is 1.55 bits per heavy atom. The molecule has 1 rings (SSSR count). The van der Waals surface area contributed by atoms with Gasteiger partial charge in [0.15, 0.2) is 0 Å². The van der Waals surface area contributed by atoms with Crippen LogP contribution in [0.25, 0.3) is 0 Å². The number of halogens is 2. The average molecular weight is 424 g/mol. The van der Waals surface area contributed by atoms with Crippen LogP contribution in [0.5, 0.6) is 5.75 Å². The monoisotopic (exact) mass is 421 g/mol. The van der Waals surface area contributed by atoms with E-state index in [0.29, 0.717) is 0 Å². The molecule has 0 atom stereocenters. The Labute approximate surface area is 165 Å². The molecule has 1 aromatic carbocycles. The molecule has 0 saturated heterocycles. The zero-order chi connectivity index (χ0) is 14.8. The summed E-state index contributed by atoms with van der Waals surface area (Å²) in [4.78, 5) is 0. The molecule has 0 radical (unpaired) electrons. The van der Waals surface area contributed by atoms with Crippen molar-refractivity contribution in [3.8, 4) is 5.75 Å². The maximum Gasteiger partial charge on any atom is -1.00 e. The maximum atomic E-state index is 5.82. The topological polar surface area (TPSA) is 9.23 Å². The van der Waals surface area contributed by atoms with Crippen LogP contribution in [0.4, 0.5) is 0 Å². The van der Waals surface area contributed by atoms with Crippen LogP contribution in [0, 0.1) is 0 Å². The molecule has 0 spiro atoms. The van der Waals surface area contributed by atoms with Crippen LogP contribution in [-0.4, -0.2) is 0 Å². The van der Waals surface area contributed by atoms with Crippen molar-refractivity contribution in [3.63, 3.8) is 0 Å². The standard InChI is InChI=1S/C18H30O.2ClH.Zr/c1-4-7-10-15-13-16(11-8-5-2)18(19)17(14-15)12-9-6-3;;;/h13-14,19H,4-12H2,1-3H3;2*1H;/q;;;+3/p-3. The Balaban J connectivity index is 0. The van der Waals surface area contributed by atoms with E-state index in [9.17, 15) is 0 Å². The molecule has 0 aliphatic rings. The normalized spacial score (nSPS) is 9.86. The summed E-state index contributed by atoms with van der Waals surface area (Å²) in [7, 11) is 0. The van der Waals surface area contributed by atoms with Gasteiger partial charge in [-0.1, -0.05) is 0 Å². The summed E-state index contributed by atoms with van der Waals surface area (Å²) in [5.74, 6) is 1.20. The first-order valence-electron chi connectivity index (χ1n) is 8.24. The van der Waals surface area contributed by atoms with Gasteiger partial charge in [-0.05, 0) is 0 Å². The van der Waals surface area contributed by atoms with E-state index in [1.165, 1.54) is 80.2 Å². The molecular formula is C18H29Cl2OZr. The Hall–Kier alpha value is 0.483. The first kappa shape index (κ1) is 24.7. The van der Waals surface area contributed by atoms with Crippen LogP contribution < -0.4 is 27.6 Å². The van der Waals surface area contributed by atoms with Gasteiger partial charge in [-0.2, -0.15) is 0 Å². The second kappa shape index (κ2) is 15.0. The van der Waals surface area contributed by atoms with Crippen LogP contribution in [-0.2, 0) is 44.4 Å². The molecule has 22 heavy (non-hydrogen) atoms. The van der Waals surface area contributed by atoms with E-state index in [-0.39, 0.29) is 24.8 Å². The number of rotatable bonds is 10. The summed E-state index contributed by atoms with van der Waals surface area (Å²) in [5.41, 5.74) is 4.41. The van der Waals surface area contributed by atoms with E-state index in [0.717, 1.165) is 25.2 Å². The zero-order valence-corrected chi connectivity index (χ0v) is 18.2. The average Bonchev–Trinajstić information content (AvgIpc) is 2.48. The number of benzene rings is 1. The van der Waals surface area contributed by atoms with Crippen molar-refractivity contribution in [2.45, 2.75) is 78.6 Å². The Kier molecular flexibility index (Phi) is 16.9. The molecule has 0 aliphatic carbocycles. The third kappa shape index (κ3) is 8.37. The van der Waals surface area contributed by atoms with Crippen molar-refractivity contribution >= 4 is 0 Å². The molecule has 4 heteroatoms. The van der Waals surface area contributed by atoms with E-state index in [1.807, 2.05) is 0 Å². The SMILES string of the molecule is CCCCc1cc(CCCC)c([O][Zr+2])c(CCCC)c1.[Cl-].[Cl-]. The van der Waals surface area contributed by atoms with Crippen molar-refractivity contribution in [1.29, 1.82) is 0 Å². The Bertz CT molecular complexity index is 368. The third-order valence-electron chi connectivity index (χ3n) is 3.82. The van der Waals surface area contributed by atoms with Gasteiger partial charge in [-0.3, -0.25) is 0 Å². The third-order valence-corrected chi connectivity index (χ3v) is 4.32. The van der Waals surface area contributed by atoms with Gasteiger partial charge in [-0.25, -0.2) is 0 Å². The molecule has 0 amide bonds. The molecule has 0 aromatic heterocycles. The minimum Gasteiger partial charge on any atom is -1.00 e. The first-order chi connectivity index (χ1) is 9.76. The van der Waals surface area contributed by atoms with Crippen LogP contribution in [0.2, 0.25) is 0 Å². The van der Waals surface area contributed by atoms with Crippen LogP contribution >= 0.6 is 0 Å². The zero-order valence-electron chi connectivity index (χ0n) is 14.2. The summed E-state index contributed by atoms with van der Waals surface area (Å²) >= 11 is 1.16. The van der Waals surface area contributed by atoms with E-state index in [2.05, 4.69) is 32.9 Å². The summed E-state index contributed by atoms with van der Waals surface area (Å²) in [5, 5.41) is 0. The van der Waals surface area contributed by atoms with Gasteiger partial charge < -0.3 is 24.8 Å². The van der Waals surface area contributed by atoms with Crippen molar-refractivity contribution in [1.82, 2.24) is 0 Å². The van der Waals surface area contributed by atoms with E-state index < -0.39 is 0 Å². The minimum atomic E-state index is 0. The maximum absolute atomic E-state index is 5.82. The number of hydrogen-bond donors (Lipinski definition) is 0. The largest absolute Gasteiger partial charge is 1.00 e. The van der Waals surface area contributed by atoms with Gasteiger partial charge in [0.2, 0.25) is 0 Å². The van der Waals surface area contributed by atoms with E-state index in [1.54, 1.807) is 0 Å². The summed E-state index contributed by atoms with van der Waals surface area (Å²) < 4.78 is 5.82. The summed E-state index contributed by atoms with van der Waals surface area (Å²) in [6, 6.07) is 4.81. The van der Waals surface area contributed by atoms with Gasteiger partial charge in [0.25, 0.3) is 0 Å². The Morgan fingerprint density at radius 1 is 0.773 bits per heavy atom. The fourth-order valence-corrected chi connectivity index (χ4v) is 3.23. The molecule has 0 fully saturated rings. The summed E-state index contributed by atoms with van der Waals surface area (Å²) in [6.45, 7) is 6.79. The number of unbranched alkanes of at least 4 members (excludes halogenated alkanes) is 3. The molecule has 0 N–H and O–H groups in total. The molecule has 125 valence electrons. The van der Waals surface area contributed by atoms with Gasteiger partial charge in [0.1, 0.15) is 0 Å². The molecule has 0 saturated carbocycles. The molecule has 1 nitrogen and oxygen atoms in total. The predicted octanol–water partition coefficient (Wildman–Crippen LogP) is -0.437.